The molecule has 17 heavy (non-hydrogen) atoms. The number of rotatable bonds is 3. The Morgan fingerprint density at radius 2 is 2.29 bits per heavy atom. The summed E-state index contributed by atoms with van der Waals surface area (Å²) in [6.45, 7) is 2.01. The Balaban J connectivity index is 2.51. The fraction of sp³-hybridized carbons (Fsp3) is 0.357. The topological polar surface area (TPSA) is 26.3 Å². The maximum Gasteiger partial charge on any atom is 0.305 e. The molecular weight excluding hydrogens is 280 g/mol. The highest BCUT2D eigenvalue weighted by Crippen LogP contribution is 2.11. The van der Waals surface area contributed by atoms with Gasteiger partial charge in [-0.3, -0.25) is 4.79 Å². The van der Waals surface area contributed by atoms with E-state index in [4.69, 9.17) is 0 Å². The van der Waals surface area contributed by atoms with Gasteiger partial charge in [-0.25, -0.2) is 0 Å². The maximum atomic E-state index is 11.0. The average molecular weight is 295 g/mol. The van der Waals surface area contributed by atoms with Gasteiger partial charge in [0.25, 0.3) is 0 Å². The Morgan fingerprint density at radius 3 is 2.94 bits per heavy atom. The summed E-state index contributed by atoms with van der Waals surface area (Å²) in [6, 6.07) is 7.85. The molecule has 0 aromatic heterocycles. The van der Waals surface area contributed by atoms with Crippen molar-refractivity contribution < 1.29 is 9.53 Å². The fourth-order valence-electron chi connectivity index (χ4n) is 1.28. The number of carbonyl (C=O) groups excluding carboxylic acids is 1. The van der Waals surface area contributed by atoms with Crippen molar-refractivity contribution in [3.63, 3.8) is 0 Å². The first-order valence-corrected chi connectivity index (χ1v) is 6.25. The van der Waals surface area contributed by atoms with Crippen LogP contribution in [0.25, 0.3) is 0 Å². The molecule has 1 rings (SSSR count). The van der Waals surface area contributed by atoms with Gasteiger partial charge in [-0.2, -0.15) is 0 Å². The molecule has 1 atom stereocenters. The van der Waals surface area contributed by atoms with Crippen molar-refractivity contribution in [2.75, 3.05) is 7.11 Å². The molecule has 0 fully saturated rings. The zero-order valence-corrected chi connectivity index (χ0v) is 11.6. The van der Waals surface area contributed by atoms with Gasteiger partial charge in [-0.1, -0.05) is 40.8 Å². The Labute approximate surface area is 110 Å². The van der Waals surface area contributed by atoms with Crippen molar-refractivity contribution in [1.29, 1.82) is 0 Å². The van der Waals surface area contributed by atoms with Crippen LogP contribution in [-0.2, 0) is 9.53 Å². The Morgan fingerprint density at radius 1 is 1.53 bits per heavy atom. The first kappa shape index (κ1) is 13.8. The molecule has 90 valence electrons. The second-order valence-electron chi connectivity index (χ2n) is 3.80. The molecule has 0 bridgehead atoms. The van der Waals surface area contributed by atoms with E-state index in [1.54, 1.807) is 0 Å². The molecule has 0 unspecified atom stereocenters. The smallest absolute Gasteiger partial charge is 0.305 e. The minimum atomic E-state index is -0.180. The van der Waals surface area contributed by atoms with Crippen molar-refractivity contribution in [2.45, 2.75) is 19.8 Å². The lowest BCUT2D eigenvalue weighted by molar-refractivity contribution is -0.140. The molecule has 1 aromatic rings. The molecule has 0 aliphatic rings. The molecule has 0 N–H and O–H groups in total. The van der Waals surface area contributed by atoms with Crippen LogP contribution in [0, 0.1) is 17.8 Å². The van der Waals surface area contributed by atoms with Gasteiger partial charge >= 0.3 is 5.97 Å². The van der Waals surface area contributed by atoms with Crippen LogP contribution >= 0.6 is 15.9 Å². The maximum absolute atomic E-state index is 11.0. The average Bonchev–Trinajstić information content (AvgIpc) is 2.33. The fourth-order valence-corrected chi connectivity index (χ4v) is 1.68. The van der Waals surface area contributed by atoms with Gasteiger partial charge in [-0.05, 0) is 24.6 Å². The second kappa shape index (κ2) is 7.13. The van der Waals surface area contributed by atoms with E-state index < -0.39 is 0 Å². The number of carbonyl (C=O) groups is 1. The van der Waals surface area contributed by atoms with Gasteiger partial charge in [0, 0.05) is 22.4 Å². The van der Waals surface area contributed by atoms with Gasteiger partial charge in [-0.15, -0.1) is 0 Å². The van der Waals surface area contributed by atoms with Crippen LogP contribution in [0.2, 0.25) is 0 Å². The van der Waals surface area contributed by atoms with Gasteiger partial charge < -0.3 is 4.74 Å². The van der Waals surface area contributed by atoms with E-state index in [-0.39, 0.29) is 11.9 Å². The molecular formula is C14H15BrO2. The summed E-state index contributed by atoms with van der Waals surface area (Å²) in [6.07, 6.45) is 1.15. The highest BCUT2D eigenvalue weighted by Gasteiger charge is 2.03. The van der Waals surface area contributed by atoms with Crippen LogP contribution in [0.15, 0.2) is 28.7 Å². The summed E-state index contributed by atoms with van der Waals surface area (Å²) in [7, 11) is 1.40. The van der Waals surface area contributed by atoms with Crippen molar-refractivity contribution in [1.82, 2.24) is 0 Å². The molecule has 0 saturated heterocycles. The molecule has 0 aliphatic carbocycles. The number of benzene rings is 1. The third-order valence-electron chi connectivity index (χ3n) is 2.30. The first-order chi connectivity index (χ1) is 8.11. The van der Waals surface area contributed by atoms with Crippen LogP contribution in [0.5, 0.6) is 0 Å². The lowest BCUT2D eigenvalue weighted by atomic mass is 10.1. The Hall–Kier alpha value is -1.27. The normalized spacial score (nSPS) is 11.2. The molecule has 0 saturated carbocycles. The summed E-state index contributed by atoms with van der Waals surface area (Å²) in [5, 5.41) is 0. The number of hydrogen-bond donors (Lipinski definition) is 0. The summed E-state index contributed by atoms with van der Waals surface area (Å²) < 4.78 is 5.61. The molecule has 0 radical (unpaired) electrons. The minimum Gasteiger partial charge on any atom is -0.469 e. The van der Waals surface area contributed by atoms with Crippen LogP contribution in [0.1, 0.15) is 25.3 Å². The van der Waals surface area contributed by atoms with Gasteiger partial charge in [0.1, 0.15) is 0 Å². The molecule has 0 spiro atoms. The zero-order chi connectivity index (χ0) is 12.7. The standard InChI is InChI=1S/C14H15BrO2/c1-11(7-9-14(16)17-2)6-8-12-4-3-5-13(15)10-12/h3-5,10-11H,7,9H2,1-2H3/t11-/m1/s1. The summed E-state index contributed by atoms with van der Waals surface area (Å²) in [5.41, 5.74) is 0.976. The quantitative estimate of drug-likeness (QED) is 0.631. The molecule has 0 amide bonds. The van der Waals surface area contributed by atoms with Crippen LogP contribution < -0.4 is 0 Å². The van der Waals surface area contributed by atoms with E-state index in [0.29, 0.717) is 6.42 Å². The van der Waals surface area contributed by atoms with E-state index in [0.717, 1.165) is 16.5 Å². The van der Waals surface area contributed by atoms with Gasteiger partial charge in [0.2, 0.25) is 0 Å². The van der Waals surface area contributed by atoms with Gasteiger partial charge in [0.15, 0.2) is 0 Å². The summed E-state index contributed by atoms with van der Waals surface area (Å²) in [5.74, 6) is 6.23. The van der Waals surface area contributed by atoms with Gasteiger partial charge in [0.05, 0.1) is 7.11 Å². The molecule has 1 aromatic carbocycles. The molecule has 3 heteroatoms. The Kier molecular flexibility index (Phi) is 5.79. The molecule has 0 aliphatic heterocycles. The predicted molar refractivity (Wildman–Crippen MR) is 71.4 cm³/mol. The summed E-state index contributed by atoms with van der Waals surface area (Å²) in [4.78, 5) is 11.0. The highest BCUT2D eigenvalue weighted by atomic mass is 79.9. The van der Waals surface area contributed by atoms with Crippen molar-refractivity contribution in [3.05, 3.63) is 34.3 Å². The lowest BCUT2D eigenvalue weighted by Gasteiger charge is -2.01. The number of esters is 1. The summed E-state index contributed by atoms with van der Waals surface area (Å²) >= 11 is 3.40. The van der Waals surface area contributed by atoms with E-state index in [2.05, 4.69) is 32.5 Å². The number of halogens is 1. The van der Waals surface area contributed by atoms with E-state index in [1.807, 2.05) is 31.2 Å². The highest BCUT2D eigenvalue weighted by molar-refractivity contribution is 9.10. The van der Waals surface area contributed by atoms with E-state index in [9.17, 15) is 4.79 Å². The third-order valence-corrected chi connectivity index (χ3v) is 2.79. The van der Waals surface area contributed by atoms with Crippen molar-refractivity contribution in [2.24, 2.45) is 5.92 Å². The lowest BCUT2D eigenvalue weighted by Crippen LogP contribution is -2.02. The first-order valence-electron chi connectivity index (χ1n) is 5.45. The van der Waals surface area contributed by atoms with Crippen LogP contribution in [0.3, 0.4) is 0 Å². The van der Waals surface area contributed by atoms with Crippen molar-refractivity contribution in [3.8, 4) is 11.8 Å². The molecule has 0 heterocycles. The van der Waals surface area contributed by atoms with Crippen LogP contribution in [-0.4, -0.2) is 13.1 Å². The van der Waals surface area contributed by atoms with Crippen LogP contribution in [0.4, 0.5) is 0 Å². The van der Waals surface area contributed by atoms with E-state index in [1.165, 1.54) is 7.11 Å². The third kappa shape index (κ3) is 5.55. The number of ether oxygens (including phenoxy) is 1. The predicted octanol–water partition coefficient (Wildman–Crippen LogP) is 3.39. The Bertz CT molecular complexity index is 443. The SMILES string of the molecule is COC(=O)CC[C@H](C)C#Cc1cccc(Br)c1. The molecule has 2 nitrogen and oxygen atoms in total. The minimum absolute atomic E-state index is 0.180. The monoisotopic (exact) mass is 294 g/mol. The zero-order valence-electron chi connectivity index (χ0n) is 10.00. The number of hydrogen-bond acceptors (Lipinski definition) is 2. The second-order valence-corrected chi connectivity index (χ2v) is 4.71. The number of methoxy groups -OCH3 is 1. The largest absolute Gasteiger partial charge is 0.469 e. The van der Waals surface area contributed by atoms with Crippen molar-refractivity contribution >= 4 is 21.9 Å². The van der Waals surface area contributed by atoms with E-state index >= 15 is 0 Å².